The summed E-state index contributed by atoms with van der Waals surface area (Å²) in [7, 11) is 0. The maximum absolute atomic E-state index is 13.3. The number of halogens is 4. The van der Waals surface area contributed by atoms with Crippen LogP contribution in [0.2, 0.25) is 5.02 Å². The van der Waals surface area contributed by atoms with Crippen molar-refractivity contribution < 1.29 is 37.4 Å². The molecule has 46 heavy (non-hydrogen) atoms. The highest BCUT2D eigenvalue weighted by Gasteiger charge is 2.33. The Morgan fingerprint density at radius 2 is 1.67 bits per heavy atom. The van der Waals surface area contributed by atoms with Crippen LogP contribution in [0.15, 0.2) is 65.8 Å². The van der Waals surface area contributed by atoms with Crippen molar-refractivity contribution in [1.29, 1.82) is 0 Å². The smallest absolute Gasteiger partial charge is 0.394 e. The van der Waals surface area contributed by atoms with Crippen LogP contribution >= 0.6 is 11.6 Å². The maximum Gasteiger partial charge on any atom is 0.417 e. The Balaban J connectivity index is 1.52. The van der Waals surface area contributed by atoms with Crippen LogP contribution in [0.25, 0.3) is 0 Å². The van der Waals surface area contributed by atoms with Crippen molar-refractivity contribution in [1.82, 2.24) is 10.7 Å². The average molecular weight is 660 g/mol. The second-order valence-corrected chi connectivity index (χ2v) is 10.7. The first-order chi connectivity index (χ1) is 22.1. The molecule has 1 heterocycles. The summed E-state index contributed by atoms with van der Waals surface area (Å²) < 4.78 is 44.9. The number of aliphatic hydroxyl groups is 1. The van der Waals surface area contributed by atoms with Crippen LogP contribution in [-0.4, -0.2) is 68.5 Å². The molecular formula is C32H33ClF3N5O5. The fourth-order valence-electron chi connectivity index (χ4n) is 4.75. The molecule has 0 saturated carbocycles. The van der Waals surface area contributed by atoms with Gasteiger partial charge < -0.3 is 25.4 Å². The molecule has 0 bridgehead atoms. The Bertz CT molecular complexity index is 1580. The largest absolute Gasteiger partial charge is 0.417 e. The molecule has 244 valence electrons. The van der Waals surface area contributed by atoms with E-state index >= 15 is 0 Å². The summed E-state index contributed by atoms with van der Waals surface area (Å²) in [6.07, 6.45) is -0.519. The zero-order valence-electron chi connectivity index (χ0n) is 24.7. The van der Waals surface area contributed by atoms with Gasteiger partial charge in [0.05, 0.1) is 47.9 Å². The zero-order chi connectivity index (χ0) is 33.1. The Morgan fingerprint density at radius 3 is 2.39 bits per heavy atom. The number of benzene rings is 3. The van der Waals surface area contributed by atoms with Crippen molar-refractivity contribution in [3.05, 3.63) is 93.5 Å². The van der Waals surface area contributed by atoms with Gasteiger partial charge in [0.15, 0.2) is 0 Å². The SMILES string of the molecule is O=C(NCCOCCO)c1cccc(C(=O)Nc2ccc(N3CCCCC3)cc2C(=O)N/N=C/c2ccc(Cl)c(C(F)(F)F)c2)c1. The molecule has 1 fully saturated rings. The minimum atomic E-state index is -4.66. The number of hydrazone groups is 1. The van der Waals surface area contributed by atoms with Crippen molar-refractivity contribution in [2.45, 2.75) is 25.4 Å². The third-order valence-corrected chi connectivity index (χ3v) is 7.38. The van der Waals surface area contributed by atoms with Crippen LogP contribution in [0.4, 0.5) is 24.5 Å². The fraction of sp³-hybridized carbons (Fsp3) is 0.312. The number of piperidine rings is 1. The van der Waals surface area contributed by atoms with Crippen LogP contribution in [0.1, 0.15) is 61.5 Å². The predicted molar refractivity (Wildman–Crippen MR) is 169 cm³/mol. The topological polar surface area (TPSA) is 132 Å². The summed E-state index contributed by atoms with van der Waals surface area (Å²) in [5, 5.41) is 17.5. The molecule has 3 aromatic carbocycles. The highest BCUT2D eigenvalue weighted by Crippen LogP contribution is 2.35. The standard InChI is InChI=1S/C32H33ClF3N5O5/c33-27-9-7-21(17-26(27)32(34,35)36)20-38-40-31(45)25-19-24(41-12-2-1-3-13-41)8-10-28(25)39-30(44)23-6-4-5-22(18-23)29(43)37-11-15-46-16-14-42/h4-10,17-20,42H,1-3,11-16H2,(H,37,43)(H,39,44)(H,40,45)/b38-20+. The van der Waals surface area contributed by atoms with E-state index in [-0.39, 0.29) is 54.3 Å². The summed E-state index contributed by atoms with van der Waals surface area (Å²) in [4.78, 5) is 41.3. The molecule has 0 radical (unpaired) electrons. The number of anilines is 2. The first-order valence-electron chi connectivity index (χ1n) is 14.5. The summed E-state index contributed by atoms with van der Waals surface area (Å²) in [6, 6.07) is 14.3. The van der Waals surface area contributed by atoms with Gasteiger partial charge in [-0.3, -0.25) is 14.4 Å². The van der Waals surface area contributed by atoms with E-state index in [0.717, 1.165) is 56.4 Å². The third-order valence-electron chi connectivity index (χ3n) is 7.05. The van der Waals surface area contributed by atoms with Gasteiger partial charge in [0.2, 0.25) is 0 Å². The zero-order valence-corrected chi connectivity index (χ0v) is 25.5. The number of nitrogens with one attached hydrogen (secondary N) is 3. The number of hydrogen-bond acceptors (Lipinski definition) is 7. The molecule has 0 spiro atoms. The molecule has 1 aliphatic rings. The lowest BCUT2D eigenvalue weighted by atomic mass is 10.1. The summed E-state index contributed by atoms with van der Waals surface area (Å²) in [5.74, 6) is -1.70. The Kier molecular flexibility index (Phi) is 12.1. The number of rotatable bonds is 12. The molecule has 4 rings (SSSR count). The lowest BCUT2D eigenvalue weighted by molar-refractivity contribution is -0.137. The molecule has 3 aromatic rings. The summed E-state index contributed by atoms with van der Waals surface area (Å²) >= 11 is 5.68. The second-order valence-electron chi connectivity index (χ2n) is 10.3. The minimum absolute atomic E-state index is 0.0641. The van der Waals surface area contributed by atoms with Crippen molar-refractivity contribution in [3.63, 3.8) is 0 Å². The van der Waals surface area contributed by atoms with E-state index in [4.69, 9.17) is 21.4 Å². The Hall–Kier alpha value is -4.46. The van der Waals surface area contributed by atoms with E-state index in [1.807, 2.05) is 0 Å². The van der Waals surface area contributed by atoms with Crippen LogP contribution in [0.5, 0.6) is 0 Å². The highest BCUT2D eigenvalue weighted by molar-refractivity contribution is 6.31. The van der Waals surface area contributed by atoms with Gasteiger partial charge in [0, 0.05) is 36.4 Å². The van der Waals surface area contributed by atoms with Gasteiger partial charge in [-0.1, -0.05) is 23.7 Å². The molecule has 3 amide bonds. The molecule has 10 nitrogen and oxygen atoms in total. The van der Waals surface area contributed by atoms with Gasteiger partial charge in [0.1, 0.15) is 0 Å². The number of aliphatic hydroxyl groups excluding tert-OH is 1. The monoisotopic (exact) mass is 659 g/mol. The van der Waals surface area contributed by atoms with Crippen LogP contribution < -0.4 is 21.0 Å². The lowest BCUT2D eigenvalue weighted by Gasteiger charge is -2.29. The first kappa shape index (κ1) is 34.4. The van der Waals surface area contributed by atoms with Crippen molar-refractivity contribution in [2.75, 3.05) is 49.7 Å². The Labute approximate surface area is 268 Å². The molecule has 4 N–H and O–H groups in total. The minimum Gasteiger partial charge on any atom is -0.394 e. The molecule has 14 heteroatoms. The molecule has 0 unspecified atom stereocenters. The van der Waals surface area contributed by atoms with Crippen molar-refractivity contribution in [2.24, 2.45) is 5.10 Å². The fourth-order valence-corrected chi connectivity index (χ4v) is 4.97. The van der Waals surface area contributed by atoms with Gasteiger partial charge in [-0.25, -0.2) is 5.43 Å². The van der Waals surface area contributed by atoms with E-state index < -0.39 is 34.5 Å². The summed E-state index contributed by atoms with van der Waals surface area (Å²) in [5.41, 5.74) is 2.77. The Morgan fingerprint density at radius 1 is 0.935 bits per heavy atom. The van der Waals surface area contributed by atoms with E-state index in [9.17, 15) is 27.6 Å². The summed E-state index contributed by atoms with van der Waals surface area (Å²) in [6.45, 7) is 2.04. The number of ether oxygens (including phenoxy) is 1. The number of amides is 3. The maximum atomic E-state index is 13.3. The normalized spacial score (nSPS) is 13.5. The van der Waals surface area contributed by atoms with Gasteiger partial charge in [-0.2, -0.15) is 18.3 Å². The number of alkyl halides is 3. The number of carbonyl (C=O) groups is 3. The number of hydrogen-bond donors (Lipinski definition) is 4. The van der Waals surface area contributed by atoms with Gasteiger partial charge in [-0.15, -0.1) is 0 Å². The van der Waals surface area contributed by atoms with Crippen LogP contribution in [-0.2, 0) is 10.9 Å². The molecule has 0 aliphatic carbocycles. The van der Waals surface area contributed by atoms with Gasteiger partial charge >= 0.3 is 6.18 Å². The quantitative estimate of drug-likeness (QED) is 0.122. The predicted octanol–water partition coefficient (Wildman–Crippen LogP) is 5.10. The van der Waals surface area contributed by atoms with E-state index in [1.165, 1.54) is 18.2 Å². The van der Waals surface area contributed by atoms with Crippen LogP contribution in [0.3, 0.4) is 0 Å². The number of carbonyl (C=O) groups excluding carboxylic acids is 3. The molecule has 0 atom stereocenters. The lowest BCUT2D eigenvalue weighted by Crippen LogP contribution is -2.30. The highest BCUT2D eigenvalue weighted by atomic mass is 35.5. The van der Waals surface area contributed by atoms with Crippen molar-refractivity contribution in [3.8, 4) is 0 Å². The molecule has 1 saturated heterocycles. The average Bonchev–Trinajstić information content (AvgIpc) is 3.05. The van der Waals surface area contributed by atoms with E-state index in [2.05, 4.69) is 26.1 Å². The van der Waals surface area contributed by atoms with E-state index in [0.29, 0.717) is 0 Å². The third kappa shape index (κ3) is 9.52. The molecular weight excluding hydrogens is 627 g/mol. The van der Waals surface area contributed by atoms with E-state index in [1.54, 1.807) is 30.3 Å². The molecule has 1 aliphatic heterocycles. The van der Waals surface area contributed by atoms with Gasteiger partial charge in [-0.05, 0) is 73.4 Å². The van der Waals surface area contributed by atoms with Crippen LogP contribution in [0, 0.1) is 0 Å². The number of nitrogens with zero attached hydrogens (tertiary/aromatic N) is 2. The molecule has 0 aromatic heterocycles. The second kappa shape index (κ2) is 16.2. The van der Waals surface area contributed by atoms with Gasteiger partial charge in [0.25, 0.3) is 17.7 Å². The first-order valence-corrected chi connectivity index (χ1v) is 14.9. The van der Waals surface area contributed by atoms with Crippen molar-refractivity contribution >= 4 is 46.9 Å².